The molecule has 0 bridgehead atoms. The van der Waals surface area contributed by atoms with Gasteiger partial charge in [-0.15, -0.1) is 0 Å². The summed E-state index contributed by atoms with van der Waals surface area (Å²) in [7, 11) is 0. The maximum absolute atomic E-state index is 12.7. The standard InChI is InChI=1S/C20H14BrN3O4/c1-10-3-4-11(2)14(7-10)18-19(24-28-23-18)22-20(26)17-9-15(25)13-6-5-12(21)8-16(13)27-17/h3-9H,1-2H3,(H,22,24,26). The predicted molar refractivity (Wildman–Crippen MR) is 107 cm³/mol. The van der Waals surface area contributed by atoms with Crippen LogP contribution in [0.15, 0.2) is 60.8 Å². The van der Waals surface area contributed by atoms with Gasteiger partial charge in [-0.3, -0.25) is 14.9 Å². The number of carbonyl (C=O) groups excluding carboxylic acids is 1. The predicted octanol–water partition coefficient (Wildman–Crippen LogP) is 4.47. The Morgan fingerprint density at radius 1 is 1.07 bits per heavy atom. The molecule has 0 radical (unpaired) electrons. The number of carbonyl (C=O) groups is 1. The Kier molecular flexibility index (Phi) is 4.56. The summed E-state index contributed by atoms with van der Waals surface area (Å²) in [6.45, 7) is 3.88. The van der Waals surface area contributed by atoms with E-state index in [1.54, 1.807) is 18.2 Å². The Bertz CT molecular complexity index is 1280. The Morgan fingerprint density at radius 3 is 2.71 bits per heavy atom. The van der Waals surface area contributed by atoms with E-state index in [1.807, 2.05) is 32.0 Å². The van der Waals surface area contributed by atoms with Crippen molar-refractivity contribution >= 4 is 38.6 Å². The number of nitrogens with zero attached hydrogens (tertiary/aromatic N) is 2. The van der Waals surface area contributed by atoms with Gasteiger partial charge in [0.1, 0.15) is 5.58 Å². The number of nitrogens with one attached hydrogen (secondary N) is 1. The SMILES string of the molecule is Cc1ccc(C)c(-c2nonc2NC(=O)c2cc(=O)c3ccc(Br)cc3o2)c1. The lowest BCUT2D eigenvalue weighted by molar-refractivity contribution is 0.0996. The van der Waals surface area contributed by atoms with Crippen molar-refractivity contribution in [3.8, 4) is 11.3 Å². The summed E-state index contributed by atoms with van der Waals surface area (Å²) < 4.78 is 11.2. The minimum Gasteiger partial charge on any atom is -0.451 e. The van der Waals surface area contributed by atoms with E-state index in [4.69, 9.17) is 9.05 Å². The number of amides is 1. The van der Waals surface area contributed by atoms with E-state index in [0.29, 0.717) is 16.7 Å². The van der Waals surface area contributed by atoms with Crippen molar-refractivity contribution in [2.45, 2.75) is 13.8 Å². The molecule has 0 aliphatic rings. The summed E-state index contributed by atoms with van der Waals surface area (Å²) in [5.74, 6) is -0.609. The van der Waals surface area contributed by atoms with Gasteiger partial charge in [-0.05, 0) is 54.0 Å². The largest absolute Gasteiger partial charge is 0.451 e. The Morgan fingerprint density at radius 2 is 1.89 bits per heavy atom. The summed E-state index contributed by atoms with van der Waals surface area (Å²) in [5.41, 5.74) is 3.18. The molecular formula is C20H14BrN3O4. The van der Waals surface area contributed by atoms with E-state index >= 15 is 0 Å². The van der Waals surface area contributed by atoms with Crippen molar-refractivity contribution < 1.29 is 13.8 Å². The molecule has 2 heterocycles. The monoisotopic (exact) mass is 439 g/mol. The molecule has 8 heteroatoms. The highest BCUT2D eigenvalue weighted by Crippen LogP contribution is 2.28. The van der Waals surface area contributed by atoms with Gasteiger partial charge in [-0.1, -0.05) is 33.6 Å². The van der Waals surface area contributed by atoms with Crippen LogP contribution in [0.2, 0.25) is 0 Å². The van der Waals surface area contributed by atoms with Crippen molar-refractivity contribution in [1.29, 1.82) is 0 Å². The van der Waals surface area contributed by atoms with Crippen LogP contribution < -0.4 is 10.7 Å². The normalized spacial score (nSPS) is 11.0. The molecule has 1 amide bonds. The number of hydrogen-bond donors (Lipinski definition) is 1. The second kappa shape index (κ2) is 7.05. The second-order valence-corrected chi connectivity index (χ2v) is 7.26. The van der Waals surface area contributed by atoms with Gasteiger partial charge in [0.15, 0.2) is 16.9 Å². The van der Waals surface area contributed by atoms with Gasteiger partial charge in [-0.25, -0.2) is 4.63 Å². The van der Waals surface area contributed by atoms with Crippen LogP contribution in [0.5, 0.6) is 0 Å². The van der Waals surface area contributed by atoms with Crippen LogP contribution in [0.1, 0.15) is 21.7 Å². The topological polar surface area (TPSA) is 98.2 Å². The summed E-state index contributed by atoms with van der Waals surface area (Å²) >= 11 is 3.32. The van der Waals surface area contributed by atoms with E-state index in [2.05, 4.69) is 31.6 Å². The zero-order chi connectivity index (χ0) is 19.8. The third-order valence-corrected chi connectivity index (χ3v) is 4.78. The van der Waals surface area contributed by atoms with Gasteiger partial charge >= 0.3 is 0 Å². The summed E-state index contributed by atoms with van der Waals surface area (Å²) in [6.07, 6.45) is 0. The average Bonchev–Trinajstić information content (AvgIpc) is 3.11. The van der Waals surface area contributed by atoms with Gasteiger partial charge < -0.3 is 4.42 Å². The fourth-order valence-corrected chi connectivity index (χ4v) is 3.19. The smallest absolute Gasteiger partial charge is 0.292 e. The van der Waals surface area contributed by atoms with Gasteiger partial charge in [0.25, 0.3) is 5.91 Å². The third kappa shape index (κ3) is 3.34. The number of aryl methyl sites for hydroxylation is 2. The van der Waals surface area contributed by atoms with E-state index < -0.39 is 5.91 Å². The van der Waals surface area contributed by atoms with Gasteiger partial charge in [0.2, 0.25) is 5.82 Å². The average molecular weight is 440 g/mol. The molecule has 0 aliphatic carbocycles. The van der Waals surface area contributed by atoms with E-state index in [1.165, 1.54) is 0 Å². The minimum atomic E-state index is -0.624. The maximum atomic E-state index is 12.7. The third-order valence-electron chi connectivity index (χ3n) is 4.28. The lowest BCUT2D eigenvalue weighted by Crippen LogP contribution is -2.15. The zero-order valence-electron chi connectivity index (χ0n) is 14.9. The first-order valence-electron chi connectivity index (χ1n) is 8.37. The molecule has 0 saturated carbocycles. The zero-order valence-corrected chi connectivity index (χ0v) is 16.5. The number of rotatable bonds is 3. The van der Waals surface area contributed by atoms with Crippen LogP contribution >= 0.6 is 15.9 Å². The van der Waals surface area contributed by atoms with Crippen molar-refractivity contribution in [3.05, 3.63) is 74.0 Å². The molecule has 140 valence electrons. The summed E-state index contributed by atoms with van der Waals surface area (Å²) in [4.78, 5) is 24.9. The Balaban J connectivity index is 1.71. The molecule has 0 saturated heterocycles. The molecule has 28 heavy (non-hydrogen) atoms. The van der Waals surface area contributed by atoms with Crippen LogP contribution in [0.3, 0.4) is 0 Å². The number of anilines is 1. The highest BCUT2D eigenvalue weighted by Gasteiger charge is 2.20. The van der Waals surface area contributed by atoms with Gasteiger partial charge in [0, 0.05) is 16.1 Å². The molecular weight excluding hydrogens is 426 g/mol. The quantitative estimate of drug-likeness (QED) is 0.505. The first kappa shape index (κ1) is 18.1. The molecule has 1 N–H and O–H groups in total. The lowest BCUT2D eigenvalue weighted by Gasteiger charge is -2.06. The van der Waals surface area contributed by atoms with Crippen molar-refractivity contribution in [2.24, 2.45) is 0 Å². The molecule has 0 fully saturated rings. The van der Waals surface area contributed by atoms with Crippen LogP contribution in [-0.2, 0) is 0 Å². The van der Waals surface area contributed by atoms with Crippen molar-refractivity contribution in [2.75, 3.05) is 5.32 Å². The van der Waals surface area contributed by atoms with Crippen LogP contribution in [0.4, 0.5) is 5.82 Å². The fourth-order valence-electron chi connectivity index (χ4n) is 2.85. The molecule has 4 aromatic rings. The maximum Gasteiger partial charge on any atom is 0.292 e. The molecule has 0 unspecified atom stereocenters. The van der Waals surface area contributed by atoms with Crippen molar-refractivity contribution in [1.82, 2.24) is 10.3 Å². The van der Waals surface area contributed by atoms with E-state index in [0.717, 1.165) is 27.2 Å². The number of fused-ring (bicyclic) bond motifs is 1. The fraction of sp³-hybridized carbons (Fsp3) is 0.100. The first-order valence-corrected chi connectivity index (χ1v) is 9.16. The molecule has 0 aliphatic heterocycles. The Hall–Kier alpha value is -3.26. The van der Waals surface area contributed by atoms with Gasteiger partial charge in [0.05, 0.1) is 5.39 Å². The first-order chi connectivity index (χ1) is 13.4. The highest BCUT2D eigenvalue weighted by molar-refractivity contribution is 9.10. The number of benzene rings is 2. The number of aromatic nitrogens is 2. The van der Waals surface area contributed by atoms with E-state index in [-0.39, 0.29) is 17.0 Å². The molecule has 0 spiro atoms. The molecule has 2 aromatic carbocycles. The molecule has 7 nitrogen and oxygen atoms in total. The molecule has 2 aromatic heterocycles. The lowest BCUT2D eigenvalue weighted by atomic mass is 10.0. The van der Waals surface area contributed by atoms with Crippen LogP contribution in [0.25, 0.3) is 22.2 Å². The highest BCUT2D eigenvalue weighted by atomic mass is 79.9. The Labute approximate surface area is 167 Å². The van der Waals surface area contributed by atoms with Crippen LogP contribution in [-0.4, -0.2) is 16.2 Å². The molecule has 0 atom stereocenters. The summed E-state index contributed by atoms with van der Waals surface area (Å²) in [5, 5.41) is 10.7. The summed E-state index contributed by atoms with van der Waals surface area (Å²) in [6, 6.07) is 12.0. The van der Waals surface area contributed by atoms with Gasteiger partial charge in [-0.2, -0.15) is 0 Å². The molecule has 4 rings (SSSR count). The van der Waals surface area contributed by atoms with Crippen LogP contribution in [0, 0.1) is 13.8 Å². The van der Waals surface area contributed by atoms with E-state index in [9.17, 15) is 9.59 Å². The van der Waals surface area contributed by atoms with Crippen molar-refractivity contribution in [3.63, 3.8) is 0 Å². The number of halogens is 1. The minimum absolute atomic E-state index is 0.134. The number of hydrogen-bond acceptors (Lipinski definition) is 6. The second-order valence-electron chi connectivity index (χ2n) is 6.35.